The summed E-state index contributed by atoms with van der Waals surface area (Å²) in [4.78, 5) is 11.9. The fourth-order valence-electron chi connectivity index (χ4n) is 2.64. The van der Waals surface area contributed by atoms with Crippen molar-refractivity contribution in [2.45, 2.75) is 12.0 Å². The quantitative estimate of drug-likeness (QED) is 0.768. The minimum Gasteiger partial charge on any atom is -0.497 e. The Bertz CT molecular complexity index is 478. The number of carbonyl (C=O) groups excluding carboxylic acids is 1. The lowest BCUT2D eigenvalue weighted by Gasteiger charge is -2.28. The molecule has 2 aliphatic heterocycles. The van der Waals surface area contributed by atoms with Crippen LogP contribution in [-0.4, -0.2) is 36.6 Å². The number of amides is 1. The molecular formula is C12H13ClN2O2. The minimum absolute atomic E-state index is 0.0177. The van der Waals surface area contributed by atoms with Gasteiger partial charge in [-0.1, -0.05) is 0 Å². The molecule has 1 fully saturated rings. The number of methoxy groups -OCH3 is 1. The van der Waals surface area contributed by atoms with E-state index in [1.807, 2.05) is 18.2 Å². The van der Waals surface area contributed by atoms with Gasteiger partial charge in [-0.3, -0.25) is 4.79 Å². The summed E-state index contributed by atoms with van der Waals surface area (Å²) in [6, 6.07) is 5.68. The summed E-state index contributed by atoms with van der Waals surface area (Å²) in [5, 5.41) is 3.00. The molecule has 2 aliphatic rings. The molecule has 90 valence electrons. The minimum atomic E-state index is -0.0177. The Morgan fingerprint density at radius 3 is 3.06 bits per heavy atom. The highest BCUT2D eigenvalue weighted by molar-refractivity contribution is 6.13. The highest BCUT2D eigenvalue weighted by Gasteiger charge is 2.40. The van der Waals surface area contributed by atoms with Crippen molar-refractivity contribution in [1.29, 1.82) is 0 Å². The molecule has 0 unspecified atom stereocenters. The summed E-state index contributed by atoms with van der Waals surface area (Å²) in [5.41, 5.74) is 1.78. The third-order valence-corrected chi connectivity index (χ3v) is 3.77. The molecular weight excluding hydrogens is 240 g/mol. The highest BCUT2D eigenvalue weighted by atomic mass is 35.5. The number of fused-ring (bicyclic) bond motifs is 3. The van der Waals surface area contributed by atoms with Gasteiger partial charge in [0.05, 0.1) is 13.2 Å². The Hall–Kier alpha value is -1.26. The number of benzene rings is 1. The molecule has 1 N–H and O–H groups in total. The van der Waals surface area contributed by atoms with Gasteiger partial charge in [-0.15, -0.1) is 0 Å². The molecule has 1 aromatic rings. The van der Waals surface area contributed by atoms with Crippen molar-refractivity contribution >= 4 is 17.7 Å². The highest BCUT2D eigenvalue weighted by Crippen LogP contribution is 2.36. The molecule has 0 saturated carbocycles. The van der Waals surface area contributed by atoms with Gasteiger partial charge in [-0.05, 0) is 35.5 Å². The van der Waals surface area contributed by atoms with E-state index in [0.717, 1.165) is 23.4 Å². The standard InChI is InChI=1S/C12H13ClN2O2/c1-17-7-2-3-8-9(4-7)10-5-15(13)6-11(10)14-12(8)16/h2-4,10-11H,5-6H2,1H3,(H,14,16)/t10-,11+/m1/s1. The summed E-state index contributed by atoms with van der Waals surface area (Å²) in [6.07, 6.45) is 0. The van der Waals surface area contributed by atoms with Crippen molar-refractivity contribution < 1.29 is 9.53 Å². The molecule has 1 amide bonds. The van der Waals surface area contributed by atoms with Crippen LogP contribution >= 0.6 is 11.8 Å². The largest absolute Gasteiger partial charge is 0.497 e. The van der Waals surface area contributed by atoms with Crippen LogP contribution in [0.2, 0.25) is 0 Å². The number of rotatable bonds is 1. The van der Waals surface area contributed by atoms with E-state index in [-0.39, 0.29) is 17.9 Å². The molecule has 0 bridgehead atoms. The summed E-state index contributed by atoms with van der Waals surface area (Å²) in [7, 11) is 1.63. The monoisotopic (exact) mass is 252 g/mol. The van der Waals surface area contributed by atoms with Crippen molar-refractivity contribution in [1.82, 2.24) is 9.74 Å². The van der Waals surface area contributed by atoms with E-state index in [2.05, 4.69) is 5.32 Å². The first-order valence-corrected chi connectivity index (χ1v) is 5.92. The molecule has 2 atom stereocenters. The summed E-state index contributed by atoms with van der Waals surface area (Å²) in [5.74, 6) is 1.02. The average Bonchev–Trinajstić information content (AvgIpc) is 2.69. The Balaban J connectivity index is 2.07. The fraction of sp³-hybridized carbons (Fsp3) is 0.417. The predicted octanol–water partition coefficient (Wildman–Crippen LogP) is 1.36. The number of nitrogens with zero attached hydrogens (tertiary/aromatic N) is 1. The number of hydrogen-bond acceptors (Lipinski definition) is 3. The SMILES string of the molecule is COc1ccc2c(c1)[C@H]1CN(Cl)C[C@@H]1NC2=O. The van der Waals surface area contributed by atoms with Crippen LogP contribution in [0.25, 0.3) is 0 Å². The lowest BCUT2D eigenvalue weighted by atomic mass is 9.86. The van der Waals surface area contributed by atoms with Gasteiger partial charge >= 0.3 is 0 Å². The van der Waals surface area contributed by atoms with Crippen LogP contribution in [0.1, 0.15) is 21.8 Å². The number of carbonyl (C=O) groups is 1. The molecule has 0 aromatic heterocycles. The van der Waals surface area contributed by atoms with Crippen LogP contribution in [0.4, 0.5) is 0 Å². The van der Waals surface area contributed by atoms with E-state index in [1.165, 1.54) is 0 Å². The van der Waals surface area contributed by atoms with Crippen LogP contribution in [0.5, 0.6) is 5.75 Å². The van der Waals surface area contributed by atoms with Crippen LogP contribution in [0.3, 0.4) is 0 Å². The van der Waals surface area contributed by atoms with Crippen LogP contribution < -0.4 is 10.1 Å². The second-order valence-corrected chi connectivity index (χ2v) is 4.95. The van der Waals surface area contributed by atoms with Gasteiger partial charge in [-0.2, -0.15) is 0 Å². The topological polar surface area (TPSA) is 41.6 Å². The molecule has 1 aromatic carbocycles. The van der Waals surface area contributed by atoms with Crippen molar-refractivity contribution in [3.63, 3.8) is 0 Å². The van der Waals surface area contributed by atoms with Crippen molar-refractivity contribution in [2.24, 2.45) is 0 Å². The molecule has 3 rings (SSSR count). The van der Waals surface area contributed by atoms with Gasteiger partial charge in [-0.25, -0.2) is 4.42 Å². The van der Waals surface area contributed by atoms with Crippen molar-refractivity contribution in [3.8, 4) is 5.75 Å². The zero-order valence-corrected chi connectivity index (χ0v) is 10.2. The van der Waals surface area contributed by atoms with E-state index in [0.29, 0.717) is 6.54 Å². The number of hydrogen-bond donors (Lipinski definition) is 1. The third kappa shape index (κ3) is 1.68. The van der Waals surface area contributed by atoms with Gasteiger partial charge < -0.3 is 10.1 Å². The lowest BCUT2D eigenvalue weighted by Crippen LogP contribution is -2.44. The van der Waals surface area contributed by atoms with E-state index >= 15 is 0 Å². The Morgan fingerprint density at radius 1 is 1.47 bits per heavy atom. The van der Waals surface area contributed by atoms with Crippen molar-refractivity contribution in [3.05, 3.63) is 29.3 Å². The van der Waals surface area contributed by atoms with Crippen molar-refractivity contribution in [2.75, 3.05) is 20.2 Å². The third-order valence-electron chi connectivity index (χ3n) is 3.49. The normalized spacial score (nSPS) is 27.3. The maximum Gasteiger partial charge on any atom is 0.251 e. The maximum absolute atomic E-state index is 11.9. The van der Waals surface area contributed by atoms with Crippen LogP contribution in [-0.2, 0) is 0 Å². The summed E-state index contributed by atoms with van der Waals surface area (Å²) in [6.45, 7) is 1.45. The fourth-order valence-corrected chi connectivity index (χ4v) is 2.94. The number of ether oxygens (including phenoxy) is 1. The first-order valence-electron chi connectivity index (χ1n) is 5.58. The number of nitrogens with one attached hydrogen (secondary N) is 1. The smallest absolute Gasteiger partial charge is 0.251 e. The predicted molar refractivity (Wildman–Crippen MR) is 64.4 cm³/mol. The second-order valence-electron chi connectivity index (χ2n) is 4.47. The first-order chi connectivity index (χ1) is 8.19. The summed E-state index contributed by atoms with van der Waals surface area (Å²) >= 11 is 6.03. The van der Waals surface area contributed by atoms with Crippen LogP contribution in [0.15, 0.2) is 18.2 Å². The first kappa shape index (κ1) is 10.9. The zero-order valence-electron chi connectivity index (χ0n) is 9.44. The maximum atomic E-state index is 11.9. The lowest BCUT2D eigenvalue weighted by molar-refractivity contribution is 0.0923. The molecule has 0 aliphatic carbocycles. The van der Waals surface area contributed by atoms with Gasteiger partial charge in [0.25, 0.3) is 5.91 Å². The van der Waals surface area contributed by atoms with Gasteiger partial charge in [0.15, 0.2) is 0 Å². The molecule has 1 saturated heterocycles. The average molecular weight is 253 g/mol. The van der Waals surface area contributed by atoms with E-state index in [4.69, 9.17) is 16.5 Å². The van der Waals surface area contributed by atoms with E-state index in [1.54, 1.807) is 11.5 Å². The molecule has 5 heteroatoms. The second kappa shape index (κ2) is 3.89. The van der Waals surface area contributed by atoms with E-state index in [9.17, 15) is 4.79 Å². The summed E-state index contributed by atoms with van der Waals surface area (Å²) < 4.78 is 6.94. The van der Waals surface area contributed by atoms with Gasteiger partial charge in [0.2, 0.25) is 0 Å². The molecule has 2 heterocycles. The van der Waals surface area contributed by atoms with Gasteiger partial charge in [0, 0.05) is 24.6 Å². The van der Waals surface area contributed by atoms with Crippen LogP contribution in [0, 0.1) is 0 Å². The number of halogens is 1. The van der Waals surface area contributed by atoms with E-state index < -0.39 is 0 Å². The molecule has 17 heavy (non-hydrogen) atoms. The molecule has 0 spiro atoms. The molecule has 0 radical (unpaired) electrons. The van der Waals surface area contributed by atoms with Gasteiger partial charge in [0.1, 0.15) is 5.75 Å². The Labute approximate surface area is 105 Å². The molecule has 4 nitrogen and oxygen atoms in total. The Morgan fingerprint density at radius 2 is 2.29 bits per heavy atom. The Kier molecular flexibility index (Phi) is 2.49. The zero-order chi connectivity index (χ0) is 12.0.